The third-order valence-electron chi connectivity index (χ3n) is 6.49. The molecule has 3 heterocycles. The molecule has 0 N–H and O–H groups in total. The summed E-state index contributed by atoms with van der Waals surface area (Å²) in [5.74, 6) is 0. The van der Waals surface area contributed by atoms with E-state index < -0.39 is 0 Å². The number of anilines is 1. The first-order valence-electron chi connectivity index (χ1n) is 10.9. The second kappa shape index (κ2) is 8.61. The summed E-state index contributed by atoms with van der Waals surface area (Å²) in [4.78, 5) is 22.7. The molecular formula is C24H27ClN4O2. The van der Waals surface area contributed by atoms with Gasteiger partial charge in [-0.15, -0.1) is 0 Å². The highest BCUT2D eigenvalue weighted by atomic mass is 35.5. The van der Waals surface area contributed by atoms with Crippen molar-refractivity contribution in [2.75, 3.05) is 37.7 Å². The van der Waals surface area contributed by atoms with Gasteiger partial charge in [0.2, 0.25) is 0 Å². The number of aromatic nitrogens is 2. The van der Waals surface area contributed by atoms with Crippen LogP contribution in [0.5, 0.6) is 0 Å². The maximum Gasteiger partial charge on any atom is 0.261 e. The van der Waals surface area contributed by atoms with Crippen LogP contribution in [-0.4, -0.2) is 59.4 Å². The average molecular weight is 439 g/mol. The first kappa shape index (κ1) is 20.5. The lowest BCUT2D eigenvalue weighted by atomic mass is 10.1. The number of piperazine rings is 1. The minimum atomic E-state index is -0.0174. The molecule has 7 heteroatoms. The third kappa shape index (κ3) is 4.20. The van der Waals surface area contributed by atoms with Crippen molar-refractivity contribution in [1.29, 1.82) is 0 Å². The van der Waals surface area contributed by atoms with Crippen LogP contribution in [0.4, 0.5) is 5.69 Å². The fourth-order valence-electron chi connectivity index (χ4n) is 4.74. The van der Waals surface area contributed by atoms with Gasteiger partial charge in [-0.1, -0.05) is 23.7 Å². The molecule has 2 aliphatic rings. The molecule has 0 bridgehead atoms. The molecular weight excluding hydrogens is 412 g/mol. The molecule has 3 aromatic rings. The van der Waals surface area contributed by atoms with Gasteiger partial charge in [-0.25, -0.2) is 4.98 Å². The molecule has 2 fully saturated rings. The zero-order valence-electron chi connectivity index (χ0n) is 17.7. The largest absolute Gasteiger partial charge is 0.380 e. The zero-order chi connectivity index (χ0) is 21.4. The molecule has 1 unspecified atom stereocenters. The van der Waals surface area contributed by atoms with E-state index in [4.69, 9.17) is 16.3 Å². The molecule has 2 aliphatic heterocycles. The normalized spacial score (nSPS) is 22.3. The molecule has 0 aliphatic carbocycles. The van der Waals surface area contributed by atoms with Gasteiger partial charge in [-0.2, -0.15) is 0 Å². The summed E-state index contributed by atoms with van der Waals surface area (Å²) in [6.07, 6.45) is 2.76. The van der Waals surface area contributed by atoms with Crippen LogP contribution < -0.4 is 10.5 Å². The summed E-state index contributed by atoms with van der Waals surface area (Å²) < 4.78 is 7.24. The van der Waals surface area contributed by atoms with Gasteiger partial charge in [0.1, 0.15) is 0 Å². The standard InChI is InChI=1S/C24H27ClN4O2/c1-17-13-27(21-8-11-31-15-21)9-10-29(17)20-6-7-23-22(12-20)24(30)28(16-26-23)14-18-2-4-19(25)5-3-18/h2-7,12,16-17,21H,8-11,13-15H2,1H3/t17-,21?/m1/s1. The fourth-order valence-corrected chi connectivity index (χ4v) is 4.86. The number of hydrogen-bond donors (Lipinski definition) is 0. The minimum Gasteiger partial charge on any atom is -0.380 e. The average Bonchev–Trinajstić information content (AvgIpc) is 3.32. The first-order chi connectivity index (χ1) is 15.1. The Morgan fingerprint density at radius 3 is 2.74 bits per heavy atom. The lowest BCUT2D eigenvalue weighted by Crippen LogP contribution is -2.55. The van der Waals surface area contributed by atoms with E-state index in [1.54, 1.807) is 10.9 Å². The first-order valence-corrected chi connectivity index (χ1v) is 11.3. The SMILES string of the molecule is C[C@@H]1CN(C2CCOC2)CCN1c1ccc2ncn(Cc3ccc(Cl)cc3)c(=O)c2c1. The van der Waals surface area contributed by atoms with Gasteiger partial charge in [0.15, 0.2) is 0 Å². The van der Waals surface area contributed by atoms with Gasteiger partial charge in [0, 0.05) is 49.0 Å². The summed E-state index contributed by atoms with van der Waals surface area (Å²) in [5, 5.41) is 1.35. The molecule has 162 valence electrons. The monoisotopic (exact) mass is 438 g/mol. The van der Waals surface area contributed by atoms with Crippen molar-refractivity contribution in [3.8, 4) is 0 Å². The molecule has 31 heavy (non-hydrogen) atoms. The molecule has 0 saturated carbocycles. The van der Waals surface area contributed by atoms with E-state index in [9.17, 15) is 4.79 Å². The van der Waals surface area contributed by atoms with Crippen LogP contribution >= 0.6 is 11.6 Å². The highest BCUT2D eigenvalue weighted by Crippen LogP contribution is 2.25. The maximum absolute atomic E-state index is 13.2. The minimum absolute atomic E-state index is 0.0174. The summed E-state index contributed by atoms with van der Waals surface area (Å²) >= 11 is 5.98. The second-order valence-corrected chi connectivity index (χ2v) is 9.00. The Bertz CT molecular complexity index is 1120. The number of fused-ring (bicyclic) bond motifs is 1. The number of benzene rings is 2. The van der Waals surface area contributed by atoms with Crippen molar-refractivity contribution in [2.24, 2.45) is 0 Å². The lowest BCUT2D eigenvalue weighted by molar-refractivity contribution is 0.129. The number of nitrogens with zero attached hydrogens (tertiary/aromatic N) is 4. The zero-order valence-corrected chi connectivity index (χ0v) is 18.5. The van der Waals surface area contributed by atoms with Gasteiger partial charge < -0.3 is 9.64 Å². The smallest absolute Gasteiger partial charge is 0.261 e. The Morgan fingerprint density at radius 2 is 2.00 bits per heavy atom. The van der Waals surface area contributed by atoms with Crippen LogP contribution in [0.15, 0.2) is 53.6 Å². The Labute approximate surface area is 187 Å². The van der Waals surface area contributed by atoms with E-state index in [-0.39, 0.29) is 5.56 Å². The van der Waals surface area contributed by atoms with E-state index in [1.807, 2.05) is 36.4 Å². The Hall–Kier alpha value is -2.41. The van der Waals surface area contributed by atoms with Crippen molar-refractivity contribution in [2.45, 2.75) is 32.0 Å². The highest BCUT2D eigenvalue weighted by Gasteiger charge is 2.30. The summed E-state index contributed by atoms with van der Waals surface area (Å²) in [6, 6.07) is 14.5. The van der Waals surface area contributed by atoms with E-state index >= 15 is 0 Å². The van der Waals surface area contributed by atoms with Crippen LogP contribution in [-0.2, 0) is 11.3 Å². The second-order valence-electron chi connectivity index (χ2n) is 8.56. The Morgan fingerprint density at radius 1 is 1.16 bits per heavy atom. The van der Waals surface area contributed by atoms with E-state index in [1.165, 1.54) is 0 Å². The predicted molar refractivity (Wildman–Crippen MR) is 124 cm³/mol. The van der Waals surface area contributed by atoms with E-state index in [0.717, 1.165) is 56.0 Å². The molecule has 0 amide bonds. The lowest BCUT2D eigenvalue weighted by Gasteiger charge is -2.43. The summed E-state index contributed by atoms with van der Waals surface area (Å²) in [7, 11) is 0. The molecule has 2 aromatic carbocycles. The van der Waals surface area contributed by atoms with Crippen molar-refractivity contribution in [3.63, 3.8) is 0 Å². The van der Waals surface area contributed by atoms with Crippen LogP contribution in [0, 0.1) is 0 Å². The van der Waals surface area contributed by atoms with Gasteiger partial charge in [0.25, 0.3) is 5.56 Å². The molecule has 2 atom stereocenters. The number of ether oxygens (including phenoxy) is 1. The number of halogens is 1. The van der Waals surface area contributed by atoms with Crippen LogP contribution in [0.3, 0.4) is 0 Å². The third-order valence-corrected chi connectivity index (χ3v) is 6.74. The van der Waals surface area contributed by atoms with Crippen LogP contribution in [0.2, 0.25) is 5.02 Å². The van der Waals surface area contributed by atoms with Crippen molar-refractivity contribution >= 4 is 28.2 Å². The topological polar surface area (TPSA) is 50.6 Å². The molecule has 2 saturated heterocycles. The molecule has 1 aromatic heterocycles. The Balaban J connectivity index is 1.39. The Kier molecular flexibility index (Phi) is 5.69. The maximum atomic E-state index is 13.2. The van der Waals surface area contributed by atoms with Crippen molar-refractivity contribution < 1.29 is 4.74 Å². The van der Waals surface area contributed by atoms with Gasteiger partial charge >= 0.3 is 0 Å². The molecule has 0 spiro atoms. The van der Waals surface area contributed by atoms with E-state index in [0.29, 0.717) is 29.0 Å². The summed E-state index contributed by atoms with van der Waals surface area (Å²) in [5.41, 5.74) is 2.82. The van der Waals surface area contributed by atoms with Gasteiger partial charge in [-0.3, -0.25) is 14.3 Å². The molecule has 0 radical (unpaired) electrons. The molecule has 5 rings (SSSR count). The van der Waals surface area contributed by atoms with Crippen molar-refractivity contribution in [1.82, 2.24) is 14.5 Å². The van der Waals surface area contributed by atoms with E-state index in [2.05, 4.69) is 27.8 Å². The fraction of sp³-hybridized carbons (Fsp3) is 0.417. The molecule has 6 nitrogen and oxygen atoms in total. The predicted octanol–water partition coefficient (Wildman–Crippen LogP) is 3.40. The quantitative estimate of drug-likeness (QED) is 0.625. The van der Waals surface area contributed by atoms with Crippen molar-refractivity contribution in [3.05, 3.63) is 69.7 Å². The highest BCUT2D eigenvalue weighted by molar-refractivity contribution is 6.30. The number of rotatable bonds is 4. The summed E-state index contributed by atoms with van der Waals surface area (Å²) in [6.45, 7) is 7.43. The number of hydrogen-bond acceptors (Lipinski definition) is 5. The van der Waals surface area contributed by atoms with Crippen LogP contribution in [0.25, 0.3) is 10.9 Å². The van der Waals surface area contributed by atoms with Gasteiger partial charge in [0.05, 0.1) is 30.4 Å². The van der Waals surface area contributed by atoms with Gasteiger partial charge in [-0.05, 0) is 49.2 Å². The van der Waals surface area contributed by atoms with Crippen LogP contribution in [0.1, 0.15) is 18.9 Å².